The third-order valence-corrected chi connectivity index (χ3v) is 10.4. The van der Waals surface area contributed by atoms with Crippen molar-refractivity contribution in [2.45, 2.75) is 69.6 Å². The maximum Gasteiger partial charge on any atom is 0.416 e. The van der Waals surface area contributed by atoms with Gasteiger partial charge in [-0.25, -0.2) is 0 Å². The second-order valence-corrected chi connectivity index (χ2v) is 13.5. The molecule has 0 saturated carbocycles. The van der Waals surface area contributed by atoms with Gasteiger partial charge in [-0.15, -0.1) is 5.10 Å². The van der Waals surface area contributed by atoms with E-state index in [4.69, 9.17) is 21.3 Å². The molecule has 1 fully saturated rings. The number of piperidine rings is 1. The van der Waals surface area contributed by atoms with Gasteiger partial charge in [-0.2, -0.15) is 22.7 Å². The Bertz CT molecular complexity index is 2030. The molecule has 0 radical (unpaired) electrons. The van der Waals surface area contributed by atoms with Crippen molar-refractivity contribution in [1.29, 1.82) is 0 Å². The van der Waals surface area contributed by atoms with Gasteiger partial charge in [-0.3, -0.25) is 19.5 Å². The number of pyridine rings is 1. The number of nitrogens with one attached hydrogen (secondary N) is 1. The molecule has 3 aliphatic rings. The minimum absolute atomic E-state index is 0.0350. The van der Waals surface area contributed by atoms with Crippen LogP contribution in [0.5, 0.6) is 5.75 Å². The highest BCUT2D eigenvalue weighted by atomic mass is 35.5. The summed E-state index contributed by atoms with van der Waals surface area (Å²) in [6, 6.07) is 5.92. The van der Waals surface area contributed by atoms with E-state index in [0.717, 1.165) is 23.8 Å². The maximum absolute atomic E-state index is 14.4. The summed E-state index contributed by atoms with van der Waals surface area (Å²) in [5.74, 6) is 0.0698. The van der Waals surface area contributed by atoms with E-state index in [2.05, 4.69) is 20.3 Å². The van der Waals surface area contributed by atoms with Crippen molar-refractivity contribution < 1.29 is 27.8 Å². The third-order valence-electron chi connectivity index (χ3n) is 10.1. The zero-order valence-corrected chi connectivity index (χ0v) is 27.7. The van der Waals surface area contributed by atoms with Gasteiger partial charge in [0, 0.05) is 22.9 Å². The maximum atomic E-state index is 14.4. The Kier molecular flexibility index (Phi) is 8.52. The van der Waals surface area contributed by atoms with Crippen molar-refractivity contribution in [1.82, 2.24) is 29.0 Å². The number of hydrogen-bond donors (Lipinski definition) is 2. The second-order valence-electron chi connectivity index (χ2n) is 13.1. The van der Waals surface area contributed by atoms with Crippen molar-refractivity contribution in [2.24, 2.45) is 0 Å². The highest BCUT2D eigenvalue weighted by Crippen LogP contribution is 2.51. The molecule has 5 heterocycles. The van der Waals surface area contributed by atoms with Gasteiger partial charge in [-0.1, -0.05) is 24.6 Å². The molecular formula is C34H35ClF3N7O4. The van der Waals surface area contributed by atoms with Gasteiger partial charge in [0.05, 0.1) is 41.2 Å². The predicted octanol–water partition coefficient (Wildman–Crippen LogP) is 5.71. The molecule has 2 atom stereocenters. The number of aromatic hydroxyl groups is 1. The summed E-state index contributed by atoms with van der Waals surface area (Å²) in [7, 11) is 0. The Labute approximate surface area is 284 Å². The van der Waals surface area contributed by atoms with E-state index in [0.29, 0.717) is 74.8 Å². The molecule has 1 saturated heterocycles. The first kappa shape index (κ1) is 33.2. The number of alkyl halides is 3. The third kappa shape index (κ3) is 5.99. The van der Waals surface area contributed by atoms with Gasteiger partial charge in [0.2, 0.25) is 11.7 Å². The van der Waals surface area contributed by atoms with E-state index in [1.165, 1.54) is 4.52 Å². The number of aromatic nitrogens is 5. The minimum Gasteiger partial charge on any atom is -0.506 e. The summed E-state index contributed by atoms with van der Waals surface area (Å²) in [6.07, 6.45) is 1.53. The molecule has 2 aliphatic heterocycles. The van der Waals surface area contributed by atoms with Gasteiger partial charge in [-0.05, 0) is 87.5 Å². The summed E-state index contributed by atoms with van der Waals surface area (Å²) < 4.78 is 48.1. The molecule has 1 amide bonds. The van der Waals surface area contributed by atoms with Crippen LogP contribution >= 0.6 is 11.6 Å². The Morgan fingerprint density at radius 3 is 2.69 bits per heavy atom. The van der Waals surface area contributed by atoms with Crippen LogP contribution in [0.4, 0.5) is 18.9 Å². The van der Waals surface area contributed by atoms with E-state index in [-0.39, 0.29) is 46.3 Å². The highest BCUT2D eigenvalue weighted by Gasteiger charge is 2.49. The molecule has 4 aromatic rings. The number of fused-ring (bicyclic) bond motifs is 3. The molecule has 2 N–H and O–H groups in total. The number of likely N-dealkylation sites (tertiary alicyclic amines) is 1. The number of ether oxygens (including phenoxy) is 1. The van der Waals surface area contributed by atoms with Crippen LogP contribution in [0.2, 0.25) is 5.02 Å². The molecule has 49 heavy (non-hydrogen) atoms. The lowest BCUT2D eigenvalue weighted by atomic mass is 9.73. The molecule has 1 aliphatic carbocycles. The number of carbonyl (C=O) groups excluding carboxylic acids is 1. The van der Waals surface area contributed by atoms with Gasteiger partial charge in [0.1, 0.15) is 12.3 Å². The van der Waals surface area contributed by atoms with Crippen LogP contribution in [0.3, 0.4) is 0 Å². The predicted molar refractivity (Wildman–Crippen MR) is 176 cm³/mol. The number of amides is 1. The molecule has 11 nitrogen and oxygen atoms in total. The van der Waals surface area contributed by atoms with Crippen molar-refractivity contribution in [3.8, 4) is 5.75 Å². The lowest BCUT2D eigenvalue weighted by Gasteiger charge is -2.42. The van der Waals surface area contributed by atoms with E-state index < -0.39 is 23.1 Å². The summed E-state index contributed by atoms with van der Waals surface area (Å²) in [5.41, 5.74) is 1.10. The number of halogens is 4. The molecule has 0 bridgehead atoms. The summed E-state index contributed by atoms with van der Waals surface area (Å²) in [6.45, 7) is 5.96. The summed E-state index contributed by atoms with van der Waals surface area (Å²) in [4.78, 5) is 39.4. The molecule has 2 unspecified atom stereocenters. The molecule has 15 heteroatoms. The smallest absolute Gasteiger partial charge is 0.416 e. The normalized spacial score (nSPS) is 20.0. The number of hydrogen-bond acceptors (Lipinski definition) is 8. The molecular weight excluding hydrogens is 663 g/mol. The zero-order chi connectivity index (χ0) is 34.7. The first-order valence-corrected chi connectivity index (χ1v) is 16.6. The highest BCUT2D eigenvalue weighted by molar-refractivity contribution is 6.33. The van der Waals surface area contributed by atoms with Crippen LogP contribution in [0.1, 0.15) is 79.8 Å². The van der Waals surface area contributed by atoms with Gasteiger partial charge in [0.25, 0.3) is 5.56 Å². The topological polar surface area (TPSA) is 127 Å². The van der Waals surface area contributed by atoms with Gasteiger partial charge in [0.15, 0.2) is 5.82 Å². The van der Waals surface area contributed by atoms with Crippen LogP contribution in [-0.2, 0) is 27.7 Å². The van der Waals surface area contributed by atoms with Crippen LogP contribution in [0.25, 0.3) is 11.4 Å². The van der Waals surface area contributed by atoms with Crippen LogP contribution < -0.4 is 10.9 Å². The number of rotatable bonds is 6. The average Bonchev–Trinajstić information content (AvgIpc) is 3.64. The second kappa shape index (κ2) is 12.6. The van der Waals surface area contributed by atoms with E-state index in [9.17, 15) is 27.9 Å². The Morgan fingerprint density at radius 1 is 1.24 bits per heavy atom. The van der Waals surface area contributed by atoms with E-state index in [1.807, 2.05) is 19.9 Å². The fraction of sp³-hybridized carbons (Fsp3) is 0.441. The van der Waals surface area contributed by atoms with Gasteiger partial charge >= 0.3 is 6.18 Å². The molecule has 7 rings (SSSR count). The van der Waals surface area contributed by atoms with Crippen molar-refractivity contribution >= 4 is 34.5 Å². The quantitative estimate of drug-likeness (QED) is 0.263. The minimum atomic E-state index is -4.58. The van der Waals surface area contributed by atoms with Crippen LogP contribution in [0, 0.1) is 0 Å². The zero-order valence-electron chi connectivity index (χ0n) is 26.9. The molecule has 258 valence electrons. The number of benzene rings is 1. The first-order valence-electron chi connectivity index (χ1n) is 16.2. The largest absolute Gasteiger partial charge is 0.506 e. The standard InChI is InChI=1S/C34H35ClF3N7O4/c1-19-17-33(9-12-43(13-10-33)20(2)28-25(46)4-3-11-39-28)27-29(19)44(18-26(47)40-24-6-5-22(16-23(24)35)34(36,37)38)32-41-30(42-45(32)31(27)48)21-7-14-49-15-8-21/h3-7,11,16,19-20,46H,8-10,12-15,17-18H2,1-2H3,(H,40,47). The average molecular weight is 698 g/mol. The fourth-order valence-corrected chi connectivity index (χ4v) is 7.94. The van der Waals surface area contributed by atoms with Crippen LogP contribution in [-0.4, -0.2) is 66.4 Å². The number of carbonyl (C=O) groups is 1. The Morgan fingerprint density at radius 2 is 2.02 bits per heavy atom. The number of nitrogens with zero attached hydrogens (tertiary/aromatic N) is 6. The summed E-state index contributed by atoms with van der Waals surface area (Å²) >= 11 is 6.16. The van der Waals surface area contributed by atoms with Crippen molar-refractivity contribution in [2.75, 3.05) is 31.6 Å². The van der Waals surface area contributed by atoms with E-state index >= 15 is 0 Å². The SMILES string of the molecule is CC1CC2(CCN(C(C)c3ncccc3O)CC2)c2c1n(CC(=O)Nc1ccc(C(F)(F)F)cc1Cl)c1nc(C3=CCOCC3)nn1c2=O. The first-order chi connectivity index (χ1) is 23.4. The van der Waals surface area contributed by atoms with Crippen molar-refractivity contribution in [3.63, 3.8) is 0 Å². The van der Waals surface area contributed by atoms with E-state index in [1.54, 1.807) is 22.9 Å². The Hall–Kier alpha value is -4.27. The number of anilines is 1. The van der Waals surface area contributed by atoms with Crippen molar-refractivity contribution in [3.05, 3.63) is 86.3 Å². The fourth-order valence-electron chi connectivity index (χ4n) is 7.71. The lowest BCUT2D eigenvalue weighted by molar-refractivity contribution is -0.137. The molecule has 3 aromatic heterocycles. The Balaban J connectivity index is 1.26. The van der Waals surface area contributed by atoms with Crippen LogP contribution in [0.15, 0.2) is 47.4 Å². The lowest BCUT2D eigenvalue weighted by Crippen LogP contribution is -2.45. The van der Waals surface area contributed by atoms with Gasteiger partial charge < -0.3 is 19.7 Å². The molecule has 1 aromatic carbocycles. The monoisotopic (exact) mass is 697 g/mol. The summed E-state index contributed by atoms with van der Waals surface area (Å²) in [5, 5.41) is 17.5. The molecule has 1 spiro atoms.